The molecule has 0 heterocycles. The van der Waals surface area contributed by atoms with Gasteiger partial charge >= 0.3 is 6.09 Å². The summed E-state index contributed by atoms with van der Waals surface area (Å²) >= 11 is 0. The molecular weight excluding hydrogens is 282 g/mol. The highest BCUT2D eigenvalue weighted by Gasteiger charge is 2.26. The summed E-state index contributed by atoms with van der Waals surface area (Å²) in [4.78, 5) is 11.7. The van der Waals surface area contributed by atoms with Gasteiger partial charge in [0, 0.05) is 18.6 Å². The van der Waals surface area contributed by atoms with Crippen molar-refractivity contribution in [2.24, 2.45) is 0 Å². The van der Waals surface area contributed by atoms with E-state index in [9.17, 15) is 13.6 Å². The Morgan fingerprint density at radius 1 is 1.33 bits per heavy atom. The van der Waals surface area contributed by atoms with Gasteiger partial charge in [-0.15, -0.1) is 0 Å². The fourth-order valence-electron chi connectivity index (χ4n) is 2.36. The number of hydrogen-bond acceptors (Lipinski definition) is 4. The molecule has 7 heteroatoms. The zero-order valence-corrected chi connectivity index (χ0v) is 12.9. The maximum Gasteiger partial charge on any atom is 0.407 e. The maximum atomic E-state index is 12.2. The Morgan fingerprint density at radius 2 is 1.95 bits per heavy atom. The van der Waals surface area contributed by atoms with E-state index < -0.39 is 24.2 Å². The third-order valence-electron chi connectivity index (χ3n) is 3.30. The van der Waals surface area contributed by atoms with Gasteiger partial charge in [0.05, 0.1) is 0 Å². The van der Waals surface area contributed by atoms with Crippen LogP contribution in [0.1, 0.15) is 46.5 Å². The second-order valence-corrected chi connectivity index (χ2v) is 6.52. The molecular formula is C14H26F2N2O3. The second kappa shape index (κ2) is 7.89. The molecule has 3 atom stereocenters. The maximum absolute atomic E-state index is 12.2. The van der Waals surface area contributed by atoms with Crippen molar-refractivity contribution < 1.29 is 23.4 Å². The number of ether oxygens (including phenoxy) is 1. The van der Waals surface area contributed by atoms with Crippen LogP contribution in [-0.4, -0.2) is 48.0 Å². The van der Waals surface area contributed by atoms with Crippen molar-refractivity contribution in [3.05, 3.63) is 0 Å². The van der Waals surface area contributed by atoms with E-state index in [1.54, 1.807) is 20.8 Å². The summed E-state index contributed by atoms with van der Waals surface area (Å²) in [5, 5.41) is 14.8. The van der Waals surface area contributed by atoms with Gasteiger partial charge in [-0.25, -0.2) is 13.6 Å². The lowest BCUT2D eigenvalue weighted by atomic mass is 9.91. The van der Waals surface area contributed by atoms with Crippen molar-refractivity contribution in [1.29, 1.82) is 0 Å². The van der Waals surface area contributed by atoms with Crippen molar-refractivity contribution in [1.82, 2.24) is 10.6 Å². The number of halogens is 2. The summed E-state index contributed by atoms with van der Waals surface area (Å²) < 4.78 is 29.6. The quantitative estimate of drug-likeness (QED) is 0.727. The SMILES string of the molecule is CC(C)(C)OC(=O)NC1CCCC(NCC(O)C(F)F)C1. The molecule has 1 rings (SSSR count). The highest BCUT2D eigenvalue weighted by atomic mass is 19.3. The zero-order valence-electron chi connectivity index (χ0n) is 12.9. The van der Waals surface area contributed by atoms with E-state index in [1.807, 2.05) is 0 Å². The third-order valence-corrected chi connectivity index (χ3v) is 3.30. The highest BCUT2D eigenvalue weighted by molar-refractivity contribution is 5.68. The number of alkyl carbamates (subject to hydrolysis) is 1. The van der Waals surface area contributed by atoms with Crippen LogP contribution >= 0.6 is 0 Å². The molecule has 1 saturated carbocycles. The molecule has 0 aromatic rings. The molecule has 0 bridgehead atoms. The molecule has 0 radical (unpaired) electrons. The molecule has 1 aliphatic carbocycles. The van der Waals surface area contributed by atoms with Crippen LogP contribution in [0.2, 0.25) is 0 Å². The molecule has 124 valence electrons. The molecule has 0 aromatic carbocycles. The van der Waals surface area contributed by atoms with Gasteiger partial charge in [0.2, 0.25) is 0 Å². The Balaban J connectivity index is 2.33. The average molecular weight is 308 g/mol. The predicted octanol–water partition coefficient (Wildman–Crippen LogP) is 2.04. The molecule has 1 fully saturated rings. The molecule has 5 nitrogen and oxygen atoms in total. The lowest BCUT2D eigenvalue weighted by molar-refractivity contribution is -0.00543. The number of carbonyl (C=O) groups excluding carboxylic acids is 1. The van der Waals surface area contributed by atoms with E-state index in [4.69, 9.17) is 9.84 Å². The first kappa shape index (κ1) is 18.1. The highest BCUT2D eigenvalue weighted by Crippen LogP contribution is 2.19. The van der Waals surface area contributed by atoms with Crippen LogP contribution in [0.25, 0.3) is 0 Å². The topological polar surface area (TPSA) is 70.6 Å². The molecule has 1 aliphatic rings. The summed E-state index contributed by atoms with van der Waals surface area (Å²) in [7, 11) is 0. The summed E-state index contributed by atoms with van der Waals surface area (Å²) in [5.41, 5.74) is -0.544. The van der Waals surface area contributed by atoms with Crippen LogP contribution in [0.15, 0.2) is 0 Å². The molecule has 3 unspecified atom stereocenters. The Bertz CT molecular complexity index is 335. The minimum absolute atomic E-state index is 0.0205. The molecule has 0 spiro atoms. The van der Waals surface area contributed by atoms with E-state index in [2.05, 4.69) is 10.6 Å². The number of amides is 1. The summed E-state index contributed by atoms with van der Waals surface area (Å²) in [6.07, 6.45) is -1.61. The standard InChI is InChI=1S/C14H26F2N2O3/c1-14(2,3)21-13(20)18-10-6-4-5-9(7-10)17-8-11(19)12(15)16/h9-12,17,19H,4-8H2,1-3H3,(H,18,20). The minimum Gasteiger partial charge on any atom is -0.444 e. The van der Waals surface area contributed by atoms with Gasteiger partial charge in [-0.05, 0) is 46.5 Å². The number of nitrogens with one attached hydrogen (secondary N) is 2. The van der Waals surface area contributed by atoms with E-state index in [0.717, 1.165) is 19.3 Å². The number of carbonyl (C=O) groups is 1. The Morgan fingerprint density at radius 3 is 2.52 bits per heavy atom. The van der Waals surface area contributed by atoms with Gasteiger partial charge in [-0.1, -0.05) is 0 Å². The van der Waals surface area contributed by atoms with Crippen molar-refractivity contribution >= 4 is 6.09 Å². The lowest BCUT2D eigenvalue weighted by Crippen LogP contribution is -2.47. The van der Waals surface area contributed by atoms with E-state index in [1.165, 1.54) is 0 Å². The number of aliphatic hydroxyl groups is 1. The fraction of sp³-hybridized carbons (Fsp3) is 0.929. The van der Waals surface area contributed by atoms with Crippen LogP contribution in [0.3, 0.4) is 0 Å². The summed E-state index contributed by atoms with van der Waals surface area (Å²) in [6, 6.07) is -0.0121. The van der Waals surface area contributed by atoms with Gasteiger partial charge in [-0.3, -0.25) is 0 Å². The monoisotopic (exact) mass is 308 g/mol. The van der Waals surface area contributed by atoms with E-state index in [0.29, 0.717) is 6.42 Å². The molecule has 1 amide bonds. The number of hydrogen-bond donors (Lipinski definition) is 3. The molecule has 3 N–H and O–H groups in total. The summed E-state index contributed by atoms with van der Waals surface area (Å²) in [5.74, 6) is 0. The first-order chi connectivity index (χ1) is 9.67. The van der Waals surface area contributed by atoms with Gasteiger partial charge in [-0.2, -0.15) is 0 Å². The normalized spacial score (nSPS) is 24.7. The van der Waals surface area contributed by atoms with Crippen LogP contribution in [0, 0.1) is 0 Å². The number of rotatable bonds is 5. The molecule has 0 aromatic heterocycles. The molecule has 0 aliphatic heterocycles. The predicted molar refractivity (Wildman–Crippen MR) is 75.4 cm³/mol. The van der Waals surface area contributed by atoms with Gasteiger partial charge in [0.1, 0.15) is 11.7 Å². The van der Waals surface area contributed by atoms with Crippen LogP contribution in [0.5, 0.6) is 0 Å². The zero-order chi connectivity index (χ0) is 16.0. The smallest absolute Gasteiger partial charge is 0.407 e. The Kier molecular flexibility index (Phi) is 6.80. The van der Waals surface area contributed by atoms with Crippen molar-refractivity contribution in [2.75, 3.05) is 6.54 Å². The van der Waals surface area contributed by atoms with Crippen LogP contribution < -0.4 is 10.6 Å². The van der Waals surface area contributed by atoms with Crippen LogP contribution in [0.4, 0.5) is 13.6 Å². The lowest BCUT2D eigenvalue weighted by Gasteiger charge is -2.31. The van der Waals surface area contributed by atoms with Crippen molar-refractivity contribution in [3.8, 4) is 0 Å². The van der Waals surface area contributed by atoms with E-state index >= 15 is 0 Å². The van der Waals surface area contributed by atoms with E-state index in [-0.39, 0.29) is 18.6 Å². The fourth-order valence-corrected chi connectivity index (χ4v) is 2.36. The minimum atomic E-state index is -2.74. The van der Waals surface area contributed by atoms with Gasteiger partial charge < -0.3 is 20.5 Å². The average Bonchev–Trinajstić information content (AvgIpc) is 2.33. The largest absolute Gasteiger partial charge is 0.444 e. The first-order valence-electron chi connectivity index (χ1n) is 7.36. The second-order valence-electron chi connectivity index (χ2n) is 6.52. The van der Waals surface area contributed by atoms with Crippen molar-refractivity contribution in [2.45, 2.75) is 76.7 Å². The first-order valence-corrected chi connectivity index (χ1v) is 7.36. The molecule has 21 heavy (non-hydrogen) atoms. The Labute approximate surface area is 124 Å². The third kappa shape index (κ3) is 7.57. The van der Waals surface area contributed by atoms with Crippen molar-refractivity contribution in [3.63, 3.8) is 0 Å². The van der Waals surface area contributed by atoms with Gasteiger partial charge in [0.25, 0.3) is 6.43 Å². The number of alkyl halides is 2. The Hall–Kier alpha value is -0.950. The van der Waals surface area contributed by atoms with Gasteiger partial charge in [0.15, 0.2) is 0 Å². The molecule has 0 saturated heterocycles. The van der Waals surface area contributed by atoms with Crippen LogP contribution in [-0.2, 0) is 4.74 Å². The number of aliphatic hydroxyl groups excluding tert-OH is 1. The summed E-state index contributed by atoms with van der Waals surface area (Å²) in [6.45, 7) is 5.25.